The summed E-state index contributed by atoms with van der Waals surface area (Å²) < 4.78 is 15.3. The smallest absolute Gasteiger partial charge is 0.377 e. The molecule has 0 aromatic rings. The van der Waals surface area contributed by atoms with Crippen molar-refractivity contribution < 1.29 is 29.2 Å². The van der Waals surface area contributed by atoms with Gasteiger partial charge in [0.05, 0.1) is 6.61 Å². The van der Waals surface area contributed by atoms with Gasteiger partial charge in [-0.3, -0.25) is 0 Å². The highest BCUT2D eigenvalue weighted by Gasteiger charge is 2.43. The number of cyclic esters (lactones) is 1. The molecule has 6 nitrogen and oxygen atoms in total. The molecule has 2 aliphatic heterocycles. The van der Waals surface area contributed by atoms with Crippen LogP contribution in [0, 0.1) is 0 Å². The maximum Gasteiger partial charge on any atom is 0.377 e. The van der Waals surface area contributed by atoms with E-state index in [1.54, 1.807) is 0 Å². The molecule has 0 amide bonds. The van der Waals surface area contributed by atoms with Crippen molar-refractivity contribution in [1.29, 1.82) is 0 Å². The minimum atomic E-state index is -0.950. The lowest BCUT2D eigenvalue weighted by Crippen LogP contribution is -2.31. The largest absolute Gasteiger partial charge is 0.505 e. The third-order valence-corrected chi connectivity index (χ3v) is 2.38. The van der Waals surface area contributed by atoms with Crippen molar-refractivity contribution in [2.24, 2.45) is 0 Å². The van der Waals surface area contributed by atoms with Gasteiger partial charge in [-0.05, 0) is 6.42 Å². The van der Waals surface area contributed by atoms with E-state index in [9.17, 15) is 9.90 Å². The van der Waals surface area contributed by atoms with Gasteiger partial charge in [-0.1, -0.05) is 6.92 Å². The summed E-state index contributed by atoms with van der Waals surface area (Å²) in [6, 6.07) is 0. The van der Waals surface area contributed by atoms with E-state index in [-0.39, 0.29) is 12.9 Å². The predicted octanol–water partition coefficient (Wildman–Crippen LogP) is 0.391. The van der Waals surface area contributed by atoms with Gasteiger partial charge >= 0.3 is 5.97 Å². The molecule has 0 aliphatic carbocycles. The van der Waals surface area contributed by atoms with Crippen molar-refractivity contribution in [1.82, 2.24) is 0 Å². The standard InChI is InChI=1S/C9H12O6/c1-2-5-13-3-4(14-5)8-6(10)7(11)9(12)15-8/h4-5,8,10-11H,2-3H2,1H3. The number of esters is 1. The van der Waals surface area contributed by atoms with Crippen LogP contribution in [-0.4, -0.2) is 41.3 Å². The fourth-order valence-corrected chi connectivity index (χ4v) is 1.57. The average molecular weight is 216 g/mol. The van der Waals surface area contributed by atoms with Gasteiger partial charge in [-0.15, -0.1) is 0 Å². The first-order valence-electron chi connectivity index (χ1n) is 4.73. The lowest BCUT2D eigenvalue weighted by atomic mass is 10.2. The van der Waals surface area contributed by atoms with Gasteiger partial charge in [-0.2, -0.15) is 0 Å². The van der Waals surface area contributed by atoms with Crippen molar-refractivity contribution in [3.05, 3.63) is 11.5 Å². The normalized spacial score (nSPS) is 36.1. The number of ether oxygens (including phenoxy) is 3. The van der Waals surface area contributed by atoms with Crippen molar-refractivity contribution in [3.63, 3.8) is 0 Å². The average Bonchev–Trinajstić information content (AvgIpc) is 2.79. The topological polar surface area (TPSA) is 85.2 Å². The molecule has 1 saturated heterocycles. The fourth-order valence-electron chi connectivity index (χ4n) is 1.57. The van der Waals surface area contributed by atoms with E-state index in [0.717, 1.165) is 0 Å². The Hall–Kier alpha value is -1.27. The second kappa shape index (κ2) is 3.71. The second-order valence-electron chi connectivity index (χ2n) is 3.41. The third-order valence-electron chi connectivity index (χ3n) is 2.38. The van der Waals surface area contributed by atoms with Gasteiger partial charge in [-0.25, -0.2) is 4.79 Å². The summed E-state index contributed by atoms with van der Waals surface area (Å²) in [4.78, 5) is 10.9. The Balaban J connectivity index is 2.05. The van der Waals surface area contributed by atoms with Crippen LogP contribution in [0.25, 0.3) is 0 Å². The molecule has 1 fully saturated rings. The first-order valence-corrected chi connectivity index (χ1v) is 4.73. The van der Waals surface area contributed by atoms with Crippen LogP contribution in [0.3, 0.4) is 0 Å². The zero-order valence-electron chi connectivity index (χ0n) is 8.17. The van der Waals surface area contributed by atoms with Crippen LogP contribution < -0.4 is 0 Å². The van der Waals surface area contributed by atoms with Crippen molar-refractivity contribution in [2.45, 2.75) is 31.8 Å². The van der Waals surface area contributed by atoms with Crippen molar-refractivity contribution in [2.75, 3.05) is 6.61 Å². The summed E-state index contributed by atoms with van der Waals surface area (Å²) in [6.07, 6.45) is -1.17. The minimum absolute atomic E-state index is 0.230. The van der Waals surface area contributed by atoms with Crippen LogP contribution in [0.1, 0.15) is 13.3 Å². The van der Waals surface area contributed by atoms with Crippen molar-refractivity contribution >= 4 is 5.97 Å². The molecule has 3 atom stereocenters. The summed E-state index contributed by atoms with van der Waals surface area (Å²) in [5.41, 5.74) is 0. The van der Waals surface area contributed by atoms with Crippen LogP contribution >= 0.6 is 0 Å². The highest BCUT2D eigenvalue weighted by molar-refractivity contribution is 5.89. The van der Waals surface area contributed by atoms with Crippen LogP contribution in [0.2, 0.25) is 0 Å². The van der Waals surface area contributed by atoms with E-state index < -0.39 is 29.7 Å². The number of carbonyl (C=O) groups excluding carboxylic acids is 1. The molecule has 84 valence electrons. The number of carbonyl (C=O) groups is 1. The number of hydrogen-bond acceptors (Lipinski definition) is 6. The highest BCUT2D eigenvalue weighted by Crippen LogP contribution is 2.27. The number of aliphatic hydroxyl groups excluding tert-OH is 2. The SMILES string of the molecule is CCC1OCC(C2OC(=O)C(O)=C2O)O1. The number of hydrogen-bond donors (Lipinski definition) is 2. The molecule has 0 aromatic heterocycles. The maximum atomic E-state index is 10.9. The molecule has 0 saturated carbocycles. The predicted molar refractivity (Wildman–Crippen MR) is 47.1 cm³/mol. The summed E-state index contributed by atoms with van der Waals surface area (Å²) in [6.45, 7) is 2.12. The Morgan fingerprint density at radius 3 is 2.67 bits per heavy atom. The van der Waals surface area contributed by atoms with Gasteiger partial charge in [0.1, 0.15) is 6.10 Å². The highest BCUT2D eigenvalue weighted by atomic mass is 16.7. The molecular formula is C9H12O6. The minimum Gasteiger partial charge on any atom is -0.505 e. The van der Waals surface area contributed by atoms with Crippen LogP contribution in [0.4, 0.5) is 0 Å². The van der Waals surface area contributed by atoms with Gasteiger partial charge in [0.2, 0.25) is 5.76 Å². The molecule has 2 aliphatic rings. The molecule has 0 radical (unpaired) electrons. The van der Waals surface area contributed by atoms with Crippen LogP contribution in [0.15, 0.2) is 11.5 Å². The molecule has 0 spiro atoms. The first-order chi connectivity index (χ1) is 7.13. The first kappa shape index (κ1) is 10.3. The Morgan fingerprint density at radius 1 is 1.47 bits per heavy atom. The monoisotopic (exact) mass is 216 g/mol. The molecule has 6 heteroatoms. The summed E-state index contributed by atoms with van der Waals surface area (Å²) >= 11 is 0. The Morgan fingerprint density at radius 2 is 2.20 bits per heavy atom. The molecule has 2 heterocycles. The lowest BCUT2D eigenvalue weighted by Gasteiger charge is -2.15. The molecule has 15 heavy (non-hydrogen) atoms. The van der Waals surface area contributed by atoms with E-state index in [0.29, 0.717) is 6.42 Å². The third kappa shape index (κ3) is 1.66. The van der Waals surface area contributed by atoms with Crippen LogP contribution in [0.5, 0.6) is 0 Å². The van der Waals surface area contributed by atoms with Gasteiger partial charge in [0.25, 0.3) is 0 Å². The molecule has 3 unspecified atom stereocenters. The Kier molecular flexibility index (Phi) is 2.54. The molecule has 2 rings (SSSR count). The Bertz CT molecular complexity index is 310. The van der Waals surface area contributed by atoms with Gasteiger partial charge in [0.15, 0.2) is 18.2 Å². The zero-order chi connectivity index (χ0) is 11.0. The van der Waals surface area contributed by atoms with E-state index >= 15 is 0 Å². The summed E-state index contributed by atoms with van der Waals surface area (Å²) in [7, 11) is 0. The Labute approximate surface area is 86.0 Å². The molecular weight excluding hydrogens is 204 g/mol. The summed E-state index contributed by atoms with van der Waals surface area (Å²) in [5, 5.41) is 18.5. The van der Waals surface area contributed by atoms with Crippen molar-refractivity contribution in [3.8, 4) is 0 Å². The van der Waals surface area contributed by atoms with E-state index in [2.05, 4.69) is 0 Å². The van der Waals surface area contributed by atoms with Crippen LogP contribution in [-0.2, 0) is 19.0 Å². The molecule has 0 aromatic carbocycles. The summed E-state index contributed by atoms with van der Waals surface area (Å²) in [5.74, 6) is -2.16. The zero-order valence-corrected chi connectivity index (χ0v) is 8.17. The van der Waals surface area contributed by atoms with E-state index in [1.807, 2.05) is 6.92 Å². The van der Waals surface area contributed by atoms with E-state index in [4.69, 9.17) is 19.3 Å². The second-order valence-corrected chi connectivity index (χ2v) is 3.41. The quantitative estimate of drug-likeness (QED) is 0.649. The van der Waals surface area contributed by atoms with E-state index in [1.165, 1.54) is 0 Å². The number of aliphatic hydroxyl groups is 2. The molecule has 2 N–H and O–H groups in total. The number of rotatable bonds is 2. The maximum absolute atomic E-state index is 10.9. The van der Waals surface area contributed by atoms with Gasteiger partial charge < -0.3 is 24.4 Å². The lowest BCUT2D eigenvalue weighted by molar-refractivity contribution is -0.149. The van der Waals surface area contributed by atoms with Gasteiger partial charge in [0, 0.05) is 0 Å². The fraction of sp³-hybridized carbons (Fsp3) is 0.667. The molecule has 0 bridgehead atoms.